The number of hydrogen-bond donors (Lipinski definition) is 2. The first-order valence-electron chi connectivity index (χ1n) is 5.65. The quantitative estimate of drug-likeness (QED) is 0.858. The van der Waals surface area contributed by atoms with Gasteiger partial charge in [0.2, 0.25) is 5.91 Å². The fraction of sp³-hybridized carbons (Fsp3) is 0.231. The van der Waals surface area contributed by atoms with Gasteiger partial charge in [0.05, 0.1) is 5.56 Å². The second-order valence-corrected chi connectivity index (χ2v) is 3.98. The van der Waals surface area contributed by atoms with E-state index in [0.717, 1.165) is 5.52 Å². The zero-order chi connectivity index (χ0) is 13.1. The third-order valence-corrected chi connectivity index (χ3v) is 2.90. The van der Waals surface area contributed by atoms with Crippen LogP contribution in [0.5, 0.6) is 0 Å². The minimum atomic E-state index is -0.940. The molecule has 2 rings (SSSR count). The summed E-state index contributed by atoms with van der Waals surface area (Å²) < 4.78 is 1.89. The lowest BCUT2D eigenvalue weighted by molar-refractivity contribution is -0.120. The van der Waals surface area contributed by atoms with Gasteiger partial charge in [-0.2, -0.15) is 0 Å². The van der Waals surface area contributed by atoms with Crippen LogP contribution in [0.4, 0.5) is 0 Å². The van der Waals surface area contributed by atoms with Crippen LogP contribution in [-0.4, -0.2) is 28.6 Å². The number of carbonyl (C=O) groups excluding carboxylic acids is 1. The zero-order valence-electron chi connectivity index (χ0n) is 10.0. The minimum absolute atomic E-state index is 0.0359. The van der Waals surface area contributed by atoms with Crippen LogP contribution in [0.2, 0.25) is 0 Å². The van der Waals surface area contributed by atoms with Crippen molar-refractivity contribution in [3.05, 3.63) is 36.0 Å². The van der Waals surface area contributed by atoms with Gasteiger partial charge in [0.25, 0.3) is 0 Å². The molecular weight excluding hydrogens is 232 g/mol. The number of benzene rings is 1. The van der Waals surface area contributed by atoms with Gasteiger partial charge in [0.15, 0.2) is 0 Å². The van der Waals surface area contributed by atoms with E-state index in [-0.39, 0.29) is 11.5 Å². The Balaban J connectivity index is 2.34. The molecule has 2 N–H and O–H groups in total. The smallest absolute Gasteiger partial charge is 0.336 e. The molecule has 5 nitrogen and oxygen atoms in total. The summed E-state index contributed by atoms with van der Waals surface area (Å²) in [5.41, 5.74) is 1.12. The van der Waals surface area contributed by atoms with Gasteiger partial charge in [-0.25, -0.2) is 4.79 Å². The van der Waals surface area contributed by atoms with Gasteiger partial charge >= 0.3 is 5.97 Å². The summed E-state index contributed by atoms with van der Waals surface area (Å²) >= 11 is 0. The van der Waals surface area contributed by atoms with Crippen molar-refractivity contribution in [2.24, 2.45) is 0 Å². The van der Waals surface area contributed by atoms with Gasteiger partial charge in [0.1, 0.15) is 0 Å². The molecule has 0 aliphatic heterocycles. The zero-order valence-corrected chi connectivity index (χ0v) is 10.0. The molecule has 1 aromatic carbocycles. The Hall–Kier alpha value is -2.30. The van der Waals surface area contributed by atoms with Crippen molar-refractivity contribution in [1.29, 1.82) is 0 Å². The Morgan fingerprint density at radius 1 is 1.33 bits per heavy atom. The fourth-order valence-corrected chi connectivity index (χ4v) is 1.95. The van der Waals surface area contributed by atoms with Crippen LogP contribution in [0.15, 0.2) is 30.5 Å². The Labute approximate surface area is 104 Å². The van der Waals surface area contributed by atoms with Crippen molar-refractivity contribution in [2.45, 2.75) is 13.0 Å². The van der Waals surface area contributed by atoms with E-state index in [0.29, 0.717) is 18.4 Å². The molecule has 0 saturated carbocycles. The highest BCUT2D eigenvalue weighted by molar-refractivity contribution is 6.03. The number of rotatable bonds is 4. The molecule has 1 aromatic heterocycles. The van der Waals surface area contributed by atoms with E-state index in [9.17, 15) is 9.59 Å². The SMILES string of the molecule is CNC(=O)CCn1ccc2c(C(=O)O)cccc21. The monoisotopic (exact) mass is 246 g/mol. The summed E-state index contributed by atoms with van der Waals surface area (Å²) in [6, 6.07) is 6.91. The second-order valence-electron chi connectivity index (χ2n) is 3.98. The van der Waals surface area contributed by atoms with Crippen molar-refractivity contribution in [3.63, 3.8) is 0 Å². The molecule has 2 aromatic rings. The number of aromatic nitrogens is 1. The van der Waals surface area contributed by atoms with Gasteiger partial charge < -0.3 is 15.0 Å². The van der Waals surface area contributed by atoms with Crippen LogP contribution in [0.25, 0.3) is 10.9 Å². The minimum Gasteiger partial charge on any atom is -0.478 e. The molecule has 1 heterocycles. The second kappa shape index (κ2) is 4.91. The first-order chi connectivity index (χ1) is 8.63. The molecule has 18 heavy (non-hydrogen) atoms. The molecule has 0 spiro atoms. The first-order valence-corrected chi connectivity index (χ1v) is 5.65. The van der Waals surface area contributed by atoms with Crippen LogP contribution in [0.1, 0.15) is 16.8 Å². The van der Waals surface area contributed by atoms with Crippen LogP contribution in [0, 0.1) is 0 Å². The highest BCUT2D eigenvalue weighted by Gasteiger charge is 2.10. The highest BCUT2D eigenvalue weighted by atomic mass is 16.4. The highest BCUT2D eigenvalue weighted by Crippen LogP contribution is 2.20. The van der Waals surface area contributed by atoms with E-state index in [1.54, 1.807) is 31.4 Å². The Bertz CT molecular complexity index is 601. The van der Waals surface area contributed by atoms with Crippen LogP contribution >= 0.6 is 0 Å². The van der Waals surface area contributed by atoms with Gasteiger partial charge in [-0.15, -0.1) is 0 Å². The van der Waals surface area contributed by atoms with Crippen molar-refractivity contribution in [2.75, 3.05) is 7.05 Å². The van der Waals surface area contributed by atoms with Crippen LogP contribution in [-0.2, 0) is 11.3 Å². The van der Waals surface area contributed by atoms with Gasteiger partial charge in [-0.05, 0) is 18.2 Å². The Morgan fingerprint density at radius 2 is 2.11 bits per heavy atom. The maximum Gasteiger partial charge on any atom is 0.336 e. The van der Waals surface area contributed by atoms with Gasteiger partial charge in [-0.1, -0.05) is 6.07 Å². The summed E-state index contributed by atoms with van der Waals surface area (Å²) in [7, 11) is 1.60. The number of hydrogen-bond acceptors (Lipinski definition) is 2. The normalized spacial score (nSPS) is 10.5. The third kappa shape index (κ3) is 2.20. The number of nitrogens with zero attached hydrogens (tertiary/aromatic N) is 1. The molecule has 94 valence electrons. The summed E-state index contributed by atoms with van der Waals surface area (Å²) in [6.45, 7) is 0.534. The van der Waals surface area contributed by atoms with E-state index in [2.05, 4.69) is 5.32 Å². The Kier molecular flexibility index (Phi) is 3.32. The predicted molar refractivity (Wildman–Crippen MR) is 67.6 cm³/mol. The lowest BCUT2D eigenvalue weighted by Gasteiger charge is -2.05. The summed E-state index contributed by atoms with van der Waals surface area (Å²) in [6.07, 6.45) is 2.18. The topological polar surface area (TPSA) is 71.3 Å². The summed E-state index contributed by atoms with van der Waals surface area (Å²) in [5.74, 6) is -0.976. The largest absolute Gasteiger partial charge is 0.478 e. The lowest BCUT2D eigenvalue weighted by Crippen LogP contribution is -2.19. The molecule has 0 unspecified atom stereocenters. The van der Waals surface area contributed by atoms with Crippen LogP contribution in [0.3, 0.4) is 0 Å². The molecule has 1 amide bonds. The average molecular weight is 246 g/mol. The number of carboxylic acids is 1. The van der Waals surface area contributed by atoms with E-state index < -0.39 is 5.97 Å². The number of nitrogens with one attached hydrogen (secondary N) is 1. The predicted octanol–water partition coefficient (Wildman–Crippen LogP) is 1.48. The summed E-state index contributed by atoms with van der Waals surface area (Å²) in [4.78, 5) is 22.3. The van der Waals surface area contributed by atoms with E-state index in [4.69, 9.17) is 5.11 Å². The van der Waals surface area contributed by atoms with Crippen molar-refractivity contribution in [1.82, 2.24) is 9.88 Å². The lowest BCUT2D eigenvalue weighted by atomic mass is 10.1. The van der Waals surface area contributed by atoms with Crippen molar-refractivity contribution < 1.29 is 14.7 Å². The molecular formula is C13H14N2O3. The molecule has 0 aliphatic rings. The molecule has 5 heteroatoms. The number of amides is 1. The molecule has 0 fully saturated rings. The summed E-state index contributed by atoms with van der Waals surface area (Å²) in [5, 5.41) is 12.3. The number of carboxylic acid groups (broad SMARTS) is 1. The van der Waals surface area contributed by atoms with Gasteiger partial charge in [0, 0.05) is 37.1 Å². The van der Waals surface area contributed by atoms with E-state index in [1.165, 1.54) is 0 Å². The first kappa shape index (κ1) is 12.2. The molecule has 0 saturated heterocycles. The van der Waals surface area contributed by atoms with E-state index >= 15 is 0 Å². The molecule has 0 radical (unpaired) electrons. The fourth-order valence-electron chi connectivity index (χ4n) is 1.95. The number of aromatic carboxylic acids is 1. The number of aryl methyl sites for hydroxylation is 1. The molecule has 0 bridgehead atoms. The number of fused-ring (bicyclic) bond motifs is 1. The van der Waals surface area contributed by atoms with E-state index in [1.807, 2.05) is 10.6 Å². The van der Waals surface area contributed by atoms with Crippen molar-refractivity contribution in [3.8, 4) is 0 Å². The molecule has 0 atom stereocenters. The van der Waals surface area contributed by atoms with Gasteiger partial charge in [-0.3, -0.25) is 4.79 Å². The maximum atomic E-state index is 11.2. The average Bonchev–Trinajstić information content (AvgIpc) is 2.78. The van der Waals surface area contributed by atoms with Crippen molar-refractivity contribution >= 4 is 22.8 Å². The number of carbonyl (C=O) groups is 2. The Morgan fingerprint density at radius 3 is 2.78 bits per heavy atom. The van der Waals surface area contributed by atoms with Crippen LogP contribution < -0.4 is 5.32 Å². The molecule has 0 aliphatic carbocycles. The standard InChI is InChI=1S/C13H14N2O3/c1-14-12(16)6-8-15-7-5-9-10(13(17)18)3-2-4-11(9)15/h2-5,7H,6,8H2,1H3,(H,14,16)(H,17,18). The maximum absolute atomic E-state index is 11.2. The third-order valence-electron chi connectivity index (χ3n) is 2.90.